The van der Waals surface area contributed by atoms with Crippen LogP contribution in [-0.4, -0.2) is 47.3 Å². The fourth-order valence-electron chi connectivity index (χ4n) is 3.22. The minimum absolute atomic E-state index is 0.0809. The Morgan fingerprint density at radius 2 is 2.15 bits per heavy atom. The largest absolute Gasteiger partial charge is 0.371 e. The van der Waals surface area contributed by atoms with E-state index in [4.69, 9.17) is 23.8 Å². The Kier molecular flexibility index (Phi) is 5.74. The van der Waals surface area contributed by atoms with E-state index >= 15 is 0 Å². The molecule has 7 heteroatoms. The summed E-state index contributed by atoms with van der Waals surface area (Å²) in [5.41, 5.74) is 3.33. The molecule has 1 N–H and O–H groups in total. The van der Waals surface area contributed by atoms with Crippen molar-refractivity contribution in [1.29, 1.82) is 0 Å². The second-order valence-corrected chi connectivity index (χ2v) is 6.95. The molecule has 136 valence electrons. The van der Waals surface area contributed by atoms with Gasteiger partial charge in [0.2, 0.25) is 0 Å². The molecular weight excluding hydrogens is 370 g/mol. The number of halogens is 1. The molecule has 0 bridgehead atoms. The van der Waals surface area contributed by atoms with Crippen molar-refractivity contribution in [3.8, 4) is 0 Å². The van der Waals surface area contributed by atoms with Gasteiger partial charge in [-0.25, -0.2) is 0 Å². The number of rotatable bonds is 6. The minimum atomic E-state index is -0.468. The first-order chi connectivity index (χ1) is 12.5. The SMILES string of the molecule is C=CCN1C(=O)/C(=C/c2ccc3c(c2)CCN3CCCCl)C(=O)NC1=S. The van der Waals surface area contributed by atoms with Gasteiger partial charge in [0.25, 0.3) is 11.8 Å². The van der Waals surface area contributed by atoms with Crippen molar-refractivity contribution in [2.45, 2.75) is 12.8 Å². The standard InChI is InChI=1S/C19H20ClN3O2S/c1-2-8-23-18(25)15(17(24)21-19(23)26)12-13-4-5-16-14(11-13)6-10-22(16)9-3-7-20/h2,4-5,11-12H,1,3,6-10H2,(H,21,24,26)/b15-12+. The fraction of sp³-hybridized carbons (Fsp3) is 0.316. The van der Waals surface area contributed by atoms with Crippen molar-refractivity contribution in [2.24, 2.45) is 0 Å². The van der Waals surface area contributed by atoms with E-state index in [9.17, 15) is 9.59 Å². The van der Waals surface area contributed by atoms with Crippen LogP contribution >= 0.6 is 23.8 Å². The number of anilines is 1. The Morgan fingerprint density at radius 3 is 2.88 bits per heavy atom. The summed E-state index contributed by atoms with van der Waals surface area (Å²) >= 11 is 10.8. The zero-order valence-electron chi connectivity index (χ0n) is 14.3. The lowest BCUT2D eigenvalue weighted by Gasteiger charge is -2.27. The molecule has 2 aliphatic rings. The number of nitrogens with one attached hydrogen (secondary N) is 1. The van der Waals surface area contributed by atoms with E-state index in [-0.39, 0.29) is 17.2 Å². The molecular formula is C19H20ClN3O2S. The third-order valence-corrected chi connectivity index (χ3v) is 5.06. The summed E-state index contributed by atoms with van der Waals surface area (Å²) in [5, 5.41) is 2.67. The van der Waals surface area contributed by atoms with Crippen LogP contribution in [0, 0.1) is 0 Å². The summed E-state index contributed by atoms with van der Waals surface area (Å²) in [7, 11) is 0. The van der Waals surface area contributed by atoms with E-state index in [1.54, 1.807) is 12.2 Å². The van der Waals surface area contributed by atoms with Crippen LogP contribution in [-0.2, 0) is 16.0 Å². The summed E-state index contributed by atoms with van der Waals surface area (Å²) in [6, 6.07) is 6.00. The van der Waals surface area contributed by atoms with E-state index in [1.807, 2.05) is 18.2 Å². The Labute approximate surface area is 163 Å². The molecule has 0 atom stereocenters. The lowest BCUT2D eigenvalue weighted by molar-refractivity contribution is -0.128. The number of fused-ring (bicyclic) bond motifs is 1. The van der Waals surface area contributed by atoms with Crippen LogP contribution in [0.25, 0.3) is 6.08 Å². The highest BCUT2D eigenvalue weighted by Gasteiger charge is 2.32. The molecule has 1 saturated heterocycles. The number of benzene rings is 1. The monoisotopic (exact) mass is 389 g/mol. The Balaban J connectivity index is 1.85. The van der Waals surface area contributed by atoms with E-state index in [1.165, 1.54) is 16.2 Å². The van der Waals surface area contributed by atoms with E-state index in [2.05, 4.69) is 16.8 Å². The first kappa shape index (κ1) is 18.6. The smallest absolute Gasteiger partial charge is 0.265 e. The maximum Gasteiger partial charge on any atom is 0.265 e. The molecule has 1 aromatic rings. The lowest BCUT2D eigenvalue weighted by Crippen LogP contribution is -2.53. The van der Waals surface area contributed by atoms with Crippen LogP contribution in [0.4, 0.5) is 5.69 Å². The van der Waals surface area contributed by atoms with Crippen molar-refractivity contribution < 1.29 is 9.59 Å². The van der Waals surface area contributed by atoms with Gasteiger partial charge in [0.15, 0.2) is 5.11 Å². The zero-order valence-corrected chi connectivity index (χ0v) is 15.9. The van der Waals surface area contributed by atoms with Gasteiger partial charge >= 0.3 is 0 Å². The summed E-state index contributed by atoms with van der Waals surface area (Å²) in [4.78, 5) is 28.4. The second-order valence-electron chi connectivity index (χ2n) is 6.19. The summed E-state index contributed by atoms with van der Waals surface area (Å²) in [5.74, 6) is -0.219. The highest BCUT2D eigenvalue weighted by molar-refractivity contribution is 7.80. The molecule has 3 rings (SSSR count). The van der Waals surface area contributed by atoms with Gasteiger partial charge in [-0.1, -0.05) is 12.1 Å². The molecule has 26 heavy (non-hydrogen) atoms. The highest BCUT2D eigenvalue weighted by Crippen LogP contribution is 2.30. The van der Waals surface area contributed by atoms with Gasteiger partial charge in [-0.3, -0.25) is 19.8 Å². The van der Waals surface area contributed by atoms with Gasteiger partial charge in [-0.15, -0.1) is 18.2 Å². The zero-order chi connectivity index (χ0) is 18.7. The number of thiocarbonyl (C=S) groups is 1. The molecule has 0 aromatic heterocycles. The van der Waals surface area contributed by atoms with Gasteiger partial charge in [0.1, 0.15) is 5.57 Å². The van der Waals surface area contributed by atoms with Gasteiger partial charge < -0.3 is 4.90 Å². The van der Waals surface area contributed by atoms with Crippen molar-refractivity contribution in [3.63, 3.8) is 0 Å². The first-order valence-electron chi connectivity index (χ1n) is 8.48. The first-order valence-corrected chi connectivity index (χ1v) is 9.43. The predicted octanol–water partition coefficient (Wildman–Crippen LogP) is 2.49. The molecule has 2 amide bonds. The van der Waals surface area contributed by atoms with Crippen LogP contribution in [0.5, 0.6) is 0 Å². The normalized spacial score (nSPS) is 18.3. The summed E-state index contributed by atoms with van der Waals surface area (Å²) in [6.07, 6.45) is 5.09. The predicted molar refractivity (Wildman–Crippen MR) is 108 cm³/mol. The lowest BCUT2D eigenvalue weighted by atomic mass is 10.0. The third kappa shape index (κ3) is 3.66. The molecule has 2 heterocycles. The molecule has 2 aliphatic heterocycles. The molecule has 5 nitrogen and oxygen atoms in total. The fourth-order valence-corrected chi connectivity index (χ4v) is 3.59. The number of hydrogen-bond acceptors (Lipinski definition) is 4. The quantitative estimate of drug-likeness (QED) is 0.267. The van der Waals surface area contributed by atoms with Crippen molar-refractivity contribution in [3.05, 3.63) is 47.6 Å². The number of amides is 2. The minimum Gasteiger partial charge on any atom is -0.371 e. The molecule has 0 spiro atoms. The molecule has 0 radical (unpaired) electrons. The second kappa shape index (κ2) is 8.01. The number of hydrogen-bond donors (Lipinski definition) is 1. The van der Waals surface area contributed by atoms with Crippen LogP contribution in [0.1, 0.15) is 17.5 Å². The topological polar surface area (TPSA) is 52.7 Å². The van der Waals surface area contributed by atoms with Gasteiger partial charge in [0, 0.05) is 31.2 Å². The van der Waals surface area contributed by atoms with E-state index in [0.29, 0.717) is 5.88 Å². The van der Waals surface area contributed by atoms with Crippen molar-refractivity contribution >= 4 is 52.5 Å². The van der Waals surface area contributed by atoms with Crippen LogP contribution in [0.3, 0.4) is 0 Å². The maximum absolute atomic E-state index is 12.6. The van der Waals surface area contributed by atoms with E-state index in [0.717, 1.165) is 31.5 Å². The van der Waals surface area contributed by atoms with Crippen molar-refractivity contribution in [1.82, 2.24) is 10.2 Å². The third-order valence-electron chi connectivity index (χ3n) is 4.47. The molecule has 0 unspecified atom stereocenters. The summed E-state index contributed by atoms with van der Waals surface area (Å²) < 4.78 is 0. The molecule has 1 fully saturated rings. The highest BCUT2D eigenvalue weighted by atomic mass is 35.5. The Hall–Kier alpha value is -2.18. The van der Waals surface area contributed by atoms with Crippen molar-refractivity contribution in [2.75, 3.05) is 30.4 Å². The van der Waals surface area contributed by atoms with Crippen LogP contribution in [0.15, 0.2) is 36.4 Å². The molecule has 0 saturated carbocycles. The maximum atomic E-state index is 12.6. The Morgan fingerprint density at radius 1 is 1.35 bits per heavy atom. The van der Waals surface area contributed by atoms with Gasteiger partial charge in [0.05, 0.1) is 0 Å². The molecule has 1 aromatic carbocycles. The average Bonchev–Trinajstić information content (AvgIpc) is 3.02. The van der Waals surface area contributed by atoms with Crippen LogP contribution in [0.2, 0.25) is 0 Å². The number of carbonyl (C=O) groups excluding carboxylic acids is 2. The van der Waals surface area contributed by atoms with E-state index < -0.39 is 11.8 Å². The van der Waals surface area contributed by atoms with Gasteiger partial charge in [-0.05, 0) is 54.4 Å². The number of carbonyl (C=O) groups is 2. The molecule has 0 aliphatic carbocycles. The number of nitrogens with zero attached hydrogens (tertiary/aromatic N) is 2. The number of alkyl halides is 1. The van der Waals surface area contributed by atoms with Crippen LogP contribution < -0.4 is 10.2 Å². The summed E-state index contributed by atoms with van der Waals surface area (Å²) in [6.45, 7) is 5.78. The van der Waals surface area contributed by atoms with Gasteiger partial charge in [-0.2, -0.15) is 0 Å². The average molecular weight is 390 g/mol. The Bertz CT molecular complexity index is 806.